The van der Waals surface area contributed by atoms with E-state index in [1.165, 1.54) is 5.56 Å². The van der Waals surface area contributed by atoms with Gasteiger partial charge in [-0.3, -0.25) is 0 Å². The molecule has 1 aliphatic rings. The number of phenols is 1. The van der Waals surface area contributed by atoms with Crippen molar-refractivity contribution in [3.63, 3.8) is 0 Å². The Morgan fingerprint density at radius 1 is 1.47 bits per heavy atom. The highest BCUT2D eigenvalue weighted by atomic mass is 35.5. The number of halogens is 1. The second-order valence-corrected chi connectivity index (χ2v) is 5.08. The normalized spacial score (nSPS) is 18.1. The first-order chi connectivity index (χ1) is 8.22. The lowest BCUT2D eigenvalue weighted by Gasteiger charge is -2.12. The number of alkyl halides is 1. The number of nitrogens with one attached hydrogen (secondary N) is 1. The fraction of sp³-hybridized carbons (Fsp3) is 0.231. The lowest BCUT2D eigenvalue weighted by Crippen LogP contribution is -2.03. The third kappa shape index (κ3) is 1.57. The van der Waals surface area contributed by atoms with E-state index in [1.54, 1.807) is 6.07 Å². The minimum atomic E-state index is 0.281. The van der Waals surface area contributed by atoms with Crippen LogP contribution in [0, 0.1) is 0 Å². The summed E-state index contributed by atoms with van der Waals surface area (Å²) in [7, 11) is 0. The van der Waals surface area contributed by atoms with Gasteiger partial charge >= 0.3 is 0 Å². The van der Waals surface area contributed by atoms with Crippen LogP contribution in [0.15, 0.2) is 29.2 Å². The van der Waals surface area contributed by atoms with Gasteiger partial charge in [-0.05, 0) is 11.6 Å². The molecule has 88 valence electrons. The Hall–Kier alpha value is -1.06. The first kappa shape index (κ1) is 11.1. The summed E-state index contributed by atoms with van der Waals surface area (Å²) in [6, 6.07) is 7.52. The highest BCUT2D eigenvalue weighted by molar-refractivity contribution is 7.80. The number of hydrogen-bond acceptors (Lipinski definition) is 3. The fourth-order valence-electron chi connectivity index (χ4n) is 2.50. The molecule has 4 heteroatoms. The molecule has 3 rings (SSSR count). The topological polar surface area (TPSA) is 32.3 Å². The van der Waals surface area contributed by atoms with Crippen molar-refractivity contribution in [3.05, 3.63) is 29.8 Å². The van der Waals surface area contributed by atoms with Crippen molar-refractivity contribution in [2.24, 2.45) is 0 Å². The van der Waals surface area contributed by atoms with Crippen molar-refractivity contribution >= 4 is 40.7 Å². The molecule has 0 saturated heterocycles. The molecule has 0 radical (unpaired) electrons. The van der Waals surface area contributed by atoms with E-state index in [1.807, 2.05) is 18.2 Å². The summed E-state index contributed by atoms with van der Waals surface area (Å²) >= 11 is 10.5. The lowest BCUT2D eigenvalue weighted by atomic mass is 9.95. The second kappa shape index (κ2) is 4.00. The smallest absolute Gasteiger partial charge is 0.125 e. The van der Waals surface area contributed by atoms with Crippen molar-refractivity contribution in [2.45, 2.75) is 10.8 Å². The number of anilines is 1. The third-order valence-electron chi connectivity index (χ3n) is 3.29. The van der Waals surface area contributed by atoms with E-state index in [-0.39, 0.29) is 11.7 Å². The van der Waals surface area contributed by atoms with Gasteiger partial charge in [-0.25, -0.2) is 0 Å². The number of phenolic OH excluding ortho intramolecular Hbond substituents is 1. The Bertz CT molecular complexity index is 599. The van der Waals surface area contributed by atoms with Crippen molar-refractivity contribution in [1.29, 1.82) is 0 Å². The van der Waals surface area contributed by atoms with Gasteiger partial charge in [0.2, 0.25) is 0 Å². The molecule has 2 aromatic carbocycles. The van der Waals surface area contributed by atoms with Crippen LogP contribution in [0.1, 0.15) is 11.5 Å². The molecule has 0 amide bonds. The van der Waals surface area contributed by atoms with Gasteiger partial charge in [0.25, 0.3) is 0 Å². The molecule has 2 aromatic rings. The standard InChI is InChI=1S/C13H12ClNOS/c14-5-7-6-15-9-4-10(16)8-2-1-3-11(17)13(8)12(7)9/h1-4,7,15-17H,5-6H2. The van der Waals surface area contributed by atoms with Gasteiger partial charge in [0.15, 0.2) is 0 Å². The van der Waals surface area contributed by atoms with E-state index in [9.17, 15) is 5.11 Å². The molecule has 0 spiro atoms. The Kier molecular flexibility index (Phi) is 2.60. The molecule has 0 aliphatic carbocycles. The monoisotopic (exact) mass is 265 g/mol. The lowest BCUT2D eigenvalue weighted by molar-refractivity contribution is 0.482. The van der Waals surface area contributed by atoms with Crippen LogP contribution in [-0.2, 0) is 0 Å². The zero-order chi connectivity index (χ0) is 12.0. The highest BCUT2D eigenvalue weighted by Crippen LogP contribution is 2.44. The first-order valence-electron chi connectivity index (χ1n) is 5.49. The molecule has 1 unspecified atom stereocenters. The maximum Gasteiger partial charge on any atom is 0.125 e. The van der Waals surface area contributed by atoms with E-state index >= 15 is 0 Å². The maximum absolute atomic E-state index is 10.0. The van der Waals surface area contributed by atoms with E-state index in [4.69, 9.17) is 11.6 Å². The van der Waals surface area contributed by atoms with Gasteiger partial charge in [-0.2, -0.15) is 0 Å². The first-order valence-corrected chi connectivity index (χ1v) is 6.48. The Labute approximate surface area is 110 Å². The maximum atomic E-state index is 10.0. The Morgan fingerprint density at radius 3 is 3.06 bits per heavy atom. The van der Waals surface area contributed by atoms with E-state index < -0.39 is 0 Å². The summed E-state index contributed by atoms with van der Waals surface area (Å²) < 4.78 is 0. The van der Waals surface area contributed by atoms with Crippen LogP contribution < -0.4 is 5.32 Å². The van der Waals surface area contributed by atoms with Crippen LogP contribution in [0.25, 0.3) is 10.8 Å². The molecular weight excluding hydrogens is 254 g/mol. The summed E-state index contributed by atoms with van der Waals surface area (Å²) in [5.74, 6) is 1.14. The number of aromatic hydroxyl groups is 1. The molecule has 0 fully saturated rings. The van der Waals surface area contributed by atoms with Gasteiger partial charge in [0.1, 0.15) is 5.75 Å². The molecule has 2 N–H and O–H groups in total. The number of hydrogen-bond donors (Lipinski definition) is 3. The summed E-state index contributed by atoms with van der Waals surface area (Å²) in [5, 5.41) is 15.2. The third-order valence-corrected chi connectivity index (χ3v) is 4.04. The van der Waals surface area contributed by atoms with Crippen molar-refractivity contribution in [2.75, 3.05) is 17.7 Å². The molecule has 2 nitrogen and oxygen atoms in total. The molecule has 0 aromatic heterocycles. The van der Waals surface area contributed by atoms with Crippen LogP contribution in [0.5, 0.6) is 5.75 Å². The number of fused-ring (bicyclic) bond motifs is 3. The summed E-state index contributed by atoms with van der Waals surface area (Å²) in [4.78, 5) is 0.883. The van der Waals surface area contributed by atoms with Gasteiger partial charge < -0.3 is 10.4 Å². The molecular formula is C13H12ClNOS. The SMILES string of the molecule is Oc1cc2c(c3c(S)cccc13)C(CCl)CN2. The van der Waals surface area contributed by atoms with E-state index in [0.717, 1.165) is 27.9 Å². The summed E-state index contributed by atoms with van der Waals surface area (Å²) in [5.41, 5.74) is 2.15. The predicted octanol–water partition coefficient (Wildman–Crippen LogP) is 3.58. The Morgan fingerprint density at radius 2 is 2.29 bits per heavy atom. The van der Waals surface area contributed by atoms with Gasteiger partial charge in [0, 0.05) is 45.8 Å². The minimum absolute atomic E-state index is 0.281. The van der Waals surface area contributed by atoms with Crippen LogP contribution in [-0.4, -0.2) is 17.5 Å². The van der Waals surface area contributed by atoms with Crippen LogP contribution in [0.4, 0.5) is 5.69 Å². The average molecular weight is 266 g/mol. The summed E-state index contributed by atoms with van der Waals surface area (Å²) in [6.07, 6.45) is 0. The molecule has 17 heavy (non-hydrogen) atoms. The Balaban J connectivity index is 2.43. The average Bonchev–Trinajstić information content (AvgIpc) is 2.72. The predicted molar refractivity (Wildman–Crippen MR) is 74.8 cm³/mol. The van der Waals surface area contributed by atoms with Crippen LogP contribution in [0.3, 0.4) is 0 Å². The zero-order valence-electron chi connectivity index (χ0n) is 9.07. The molecule has 0 bridgehead atoms. The fourth-order valence-corrected chi connectivity index (χ4v) is 3.09. The van der Waals surface area contributed by atoms with Crippen molar-refractivity contribution < 1.29 is 5.11 Å². The quantitative estimate of drug-likeness (QED) is 0.544. The van der Waals surface area contributed by atoms with E-state index in [0.29, 0.717) is 5.88 Å². The van der Waals surface area contributed by atoms with Crippen LogP contribution >= 0.6 is 24.2 Å². The van der Waals surface area contributed by atoms with Gasteiger partial charge in [-0.15, -0.1) is 24.2 Å². The molecule has 1 heterocycles. The number of thiol groups is 1. The second-order valence-electron chi connectivity index (χ2n) is 4.29. The van der Waals surface area contributed by atoms with Crippen LogP contribution in [0.2, 0.25) is 0 Å². The zero-order valence-corrected chi connectivity index (χ0v) is 10.7. The molecule has 1 aliphatic heterocycles. The van der Waals surface area contributed by atoms with Crippen molar-refractivity contribution in [3.8, 4) is 5.75 Å². The van der Waals surface area contributed by atoms with Gasteiger partial charge in [-0.1, -0.05) is 12.1 Å². The van der Waals surface area contributed by atoms with Gasteiger partial charge in [0.05, 0.1) is 0 Å². The minimum Gasteiger partial charge on any atom is -0.507 e. The molecule has 1 atom stereocenters. The highest BCUT2D eigenvalue weighted by Gasteiger charge is 2.26. The number of rotatable bonds is 1. The van der Waals surface area contributed by atoms with E-state index in [2.05, 4.69) is 17.9 Å². The largest absolute Gasteiger partial charge is 0.507 e. The summed E-state index contributed by atoms with van der Waals surface area (Å²) in [6.45, 7) is 0.819. The molecule has 0 saturated carbocycles. The number of benzene rings is 2. The van der Waals surface area contributed by atoms with Crippen molar-refractivity contribution in [1.82, 2.24) is 0 Å².